The number of hydrogen-bond donors (Lipinski definition) is 0. The van der Waals surface area contributed by atoms with E-state index in [4.69, 9.17) is 4.74 Å². The van der Waals surface area contributed by atoms with Gasteiger partial charge < -0.3 is 9.64 Å². The van der Waals surface area contributed by atoms with Crippen LogP contribution in [-0.4, -0.2) is 41.9 Å². The van der Waals surface area contributed by atoms with Crippen molar-refractivity contribution in [3.05, 3.63) is 40.9 Å². The molecule has 2 aromatic rings. The molecule has 154 valence electrons. The first-order chi connectivity index (χ1) is 14.2. The first kappa shape index (κ1) is 19.9. The maximum atomic E-state index is 13.2. The quantitative estimate of drug-likeness (QED) is 0.744. The Hall–Kier alpha value is -2.41. The molecule has 0 bridgehead atoms. The average Bonchev–Trinajstić information content (AvgIpc) is 3.29. The van der Waals surface area contributed by atoms with Crippen LogP contribution in [0.4, 0.5) is 5.13 Å². The number of thiazole rings is 1. The normalized spacial score (nSPS) is 20.0. The Labute approximate surface area is 175 Å². The first-order valence-electron chi connectivity index (χ1n) is 10.3. The molecule has 2 fully saturated rings. The number of carbonyl (C=O) groups is 2. The predicted molar refractivity (Wildman–Crippen MR) is 113 cm³/mol. The zero-order valence-corrected chi connectivity index (χ0v) is 17.6. The molecular formula is C22H27N3O3S. The highest BCUT2D eigenvalue weighted by Crippen LogP contribution is 2.32. The van der Waals surface area contributed by atoms with Crippen LogP contribution in [0.3, 0.4) is 0 Å². The lowest BCUT2D eigenvalue weighted by molar-refractivity contribution is -0.133. The van der Waals surface area contributed by atoms with Gasteiger partial charge in [0, 0.05) is 24.9 Å². The number of hydrogen-bond acceptors (Lipinski definition) is 5. The fourth-order valence-corrected chi connectivity index (χ4v) is 5.06. The smallest absolute Gasteiger partial charge is 0.229 e. The van der Waals surface area contributed by atoms with Crippen molar-refractivity contribution in [3.63, 3.8) is 0 Å². The van der Waals surface area contributed by atoms with Crippen molar-refractivity contribution in [3.8, 4) is 5.75 Å². The summed E-state index contributed by atoms with van der Waals surface area (Å²) in [4.78, 5) is 33.5. The van der Waals surface area contributed by atoms with Crippen molar-refractivity contribution in [2.24, 2.45) is 0 Å². The van der Waals surface area contributed by atoms with Gasteiger partial charge in [-0.2, -0.15) is 0 Å². The van der Waals surface area contributed by atoms with E-state index in [1.807, 2.05) is 22.4 Å². The molecule has 2 aliphatic rings. The monoisotopic (exact) mass is 413 g/mol. The summed E-state index contributed by atoms with van der Waals surface area (Å²) < 4.78 is 5.27. The fourth-order valence-electron chi connectivity index (χ4n) is 4.19. The molecule has 1 aromatic heterocycles. The third kappa shape index (κ3) is 4.45. The number of amides is 2. The summed E-state index contributed by atoms with van der Waals surface area (Å²) in [6.07, 6.45) is 6.03. The highest BCUT2D eigenvalue weighted by molar-refractivity contribution is 7.14. The summed E-state index contributed by atoms with van der Waals surface area (Å²) in [5.41, 5.74) is 1.91. The average molecular weight is 414 g/mol. The SMILES string of the molecule is COc1ccc([C@@H]2CCCCCN2C(=O)Cc2csc(N3CCCC3=O)n2)cc1. The second kappa shape index (κ2) is 8.95. The van der Waals surface area contributed by atoms with E-state index >= 15 is 0 Å². The molecule has 0 N–H and O–H groups in total. The third-order valence-corrected chi connectivity index (χ3v) is 6.66. The summed E-state index contributed by atoms with van der Waals surface area (Å²) in [6.45, 7) is 1.50. The summed E-state index contributed by atoms with van der Waals surface area (Å²) in [7, 11) is 1.66. The van der Waals surface area contributed by atoms with E-state index in [-0.39, 0.29) is 24.3 Å². The Morgan fingerprint density at radius 3 is 2.72 bits per heavy atom. The van der Waals surface area contributed by atoms with Crippen LogP contribution >= 0.6 is 11.3 Å². The number of methoxy groups -OCH3 is 1. The van der Waals surface area contributed by atoms with Crippen molar-refractivity contribution >= 4 is 28.3 Å². The Bertz CT molecular complexity index is 864. The van der Waals surface area contributed by atoms with Crippen LogP contribution in [0.15, 0.2) is 29.6 Å². The molecular weight excluding hydrogens is 386 g/mol. The van der Waals surface area contributed by atoms with Crippen LogP contribution in [0.2, 0.25) is 0 Å². The van der Waals surface area contributed by atoms with Gasteiger partial charge in [0.25, 0.3) is 0 Å². The van der Waals surface area contributed by atoms with E-state index in [0.29, 0.717) is 6.42 Å². The van der Waals surface area contributed by atoms with Gasteiger partial charge >= 0.3 is 0 Å². The molecule has 2 saturated heterocycles. The van der Waals surface area contributed by atoms with Gasteiger partial charge in [-0.3, -0.25) is 14.5 Å². The van der Waals surface area contributed by atoms with Crippen LogP contribution in [0.1, 0.15) is 55.8 Å². The van der Waals surface area contributed by atoms with Crippen LogP contribution in [0, 0.1) is 0 Å². The predicted octanol–water partition coefficient (Wildman–Crippen LogP) is 3.96. The van der Waals surface area contributed by atoms with Crippen LogP contribution in [0.25, 0.3) is 0 Å². The van der Waals surface area contributed by atoms with E-state index < -0.39 is 0 Å². The minimum atomic E-state index is 0.0918. The Kier molecular flexibility index (Phi) is 6.13. The molecule has 0 unspecified atom stereocenters. The van der Waals surface area contributed by atoms with E-state index in [0.717, 1.165) is 67.3 Å². The van der Waals surface area contributed by atoms with Crippen molar-refractivity contribution in [2.45, 2.75) is 51.0 Å². The topological polar surface area (TPSA) is 62.7 Å². The maximum Gasteiger partial charge on any atom is 0.229 e. The lowest BCUT2D eigenvalue weighted by atomic mass is 10.00. The molecule has 0 radical (unpaired) electrons. The second-order valence-electron chi connectivity index (χ2n) is 7.67. The molecule has 1 aromatic carbocycles. The van der Waals surface area contributed by atoms with Crippen LogP contribution in [-0.2, 0) is 16.0 Å². The van der Waals surface area contributed by atoms with Gasteiger partial charge in [0.2, 0.25) is 11.8 Å². The summed E-state index contributed by atoms with van der Waals surface area (Å²) in [5, 5.41) is 2.64. The standard InChI is InChI=1S/C22H27N3O3S/c1-28-18-10-8-16(9-11-18)19-6-3-2-4-12-24(19)21(27)14-17-15-29-22(23-17)25-13-5-7-20(25)26/h8-11,15,19H,2-7,12-14H2,1H3/t19-/m0/s1. The molecule has 7 heteroatoms. The molecule has 4 rings (SSSR count). The number of rotatable bonds is 5. The number of benzene rings is 1. The van der Waals surface area contributed by atoms with Gasteiger partial charge in [0.05, 0.1) is 25.3 Å². The van der Waals surface area contributed by atoms with E-state index in [1.54, 1.807) is 12.0 Å². The zero-order chi connectivity index (χ0) is 20.2. The first-order valence-corrected chi connectivity index (χ1v) is 11.2. The number of nitrogens with zero attached hydrogens (tertiary/aromatic N) is 3. The minimum absolute atomic E-state index is 0.0918. The maximum absolute atomic E-state index is 13.2. The molecule has 6 nitrogen and oxygen atoms in total. The molecule has 1 atom stereocenters. The van der Waals surface area contributed by atoms with Crippen molar-refractivity contribution in [1.29, 1.82) is 0 Å². The van der Waals surface area contributed by atoms with Gasteiger partial charge in [-0.1, -0.05) is 25.0 Å². The van der Waals surface area contributed by atoms with Crippen LogP contribution < -0.4 is 9.64 Å². The molecule has 29 heavy (non-hydrogen) atoms. The Balaban J connectivity index is 1.49. The number of anilines is 1. The van der Waals surface area contributed by atoms with Crippen LogP contribution in [0.5, 0.6) is 5.75 Å². The lowest BCUT2D eigenvalue weighted by Gasteiger charge is -2.30. The molecule has 2 amide bonds. The molecule has 0 saturated carbocycles. The highest BCUT2D eigenvalue weighted by Gasteiger charge is 2.28. The molecule has 0 spiro atoms. The Morgan fingerprint density at radius 1 is 1.17 bits per heavy atom. The summed E-state index contributed by atoms with van der Waals surface area (Å²) >= 11 is 1.45. The van der Waals surface area contributed by atoms with E-state index in [2.05, 4.69) is 17.1 Å². The zero-order valence-electron chi connectivity index (χ0n) is 16.8. The second-order valence-corrected chi connectivity index (χ2v) is 8.51. The number of carbonyl (C=O) groups excluding carboxylic acids is 2. The molecule has 2 aliphatic heterocycles. The number of aromatic nitrogens is 1. The van der Waals surface area contributed by atoms with Crippen molar-refractivity contribution in [2.75, 3.05) is 25.1 Å². The summed E-state index contributed by atoms with van der Waals surface area (Å²) in [6, 6.07) is 8.14. The largest absolute Gasteiger partial charge is 0.497 e. The molecule has 3 heterocycles. The van der Waals surface area contributed by atoms with Gasteiger partial charge in [-0.15, -0.1) is 11.3 Å². The Morgan fingerprint density at radius 2 is 2.00 bits per heavy atom. The lowest BCUT2D eigenvalue weighted by Crippen LogP contribution is -2.36. The number of ether oxygens (including phenoxy) is 1. The van der Waals surface area contributed by atoms with Gasteiger partial charge in [-0.05, 0) is 37.0 Å². The van der Waals surface area contributed by atoms with Gasteiger partial charge in [0.1, 0.15) is 5.75 Å². The number of likely N-dealkylation sites (tertiary alicyclic amines) is 1. The minimum Gasteiger partial charge on any atom is -0.497 e. The fraction of sp³-hybridized carbons (Fsp3) is 0.500. The summed E-state index contributed by atoms with van der Waals surface area (Å²) in [5.74, 6) is 1.06. The third-order valence-electron chi connectivity index (χ3n) is 5.75. The van der Waals surface area contributed by atoms with Crippen molar-refractivity contribution < 1.29 is 14.3 Å². The van der Waals surface area contributed by atoms with E-state index in [1.165, 1.54) is 11.3 Å². The van der Waals surface area contributed by atoms with Gasteiger partial charge in [-0.25, -0.2) is 4.98 Å². The van der Waals surface area contributed by atoms with Crippen molar-refractivity contribution in [1.82, 2.24) is 9.88 Å². The highest BCUT2D eigenvalue weighted by atomic mass is 32.1. The van der Waals surface area contributed by atoms with Gasteiger partial charge in [0.15, 0.2) is 5.13 Å². The molecule has 0 aliphatic carbocycles. The van der Waals surface area contributed by atoms with E-state index in [9.17, 15) is 9.59 Å².